The molecule has 0 unspecified atom stereocenters. The summed E-state index contributed by atoms with van der Waals surface area (Å²) in [6, 6.07) is 7.79. The van der Waals surface area contributed by atoms with Gasteiger partial charge in [-0.2, -0.15) is 10.2 Å². The highest BCUT2D eigenvalue weighted by molar-refractivity contribution is 6.03. The van der Waals surface area contributed by atoms with Gasteiger partial charge in [-0.3, -0.25) is 0 Å². The lowest BCUT2D eigenvalue weighted by molar-refractivity contribution is 0.608. The predicted octanol–water partition coefficient (Wildman–Crippen LogP) is 2.50. The largest absolute Gasteiger partial charge is 0.417 e. The summed E-state index contributed by atoms with van der Waals surface area (Å²) in [7, 11) is 3.72. The summed E-state index contributed by atoms with van der Waals surface area (Å²) in [6.07, 6.45) is 5.39. The van der Waals surface area contributed by atoms with Gasteiger partial charge >= 0.3 is 0 Å². The van der Waals surface area contributed by atoms with Gasteiger partial charge in [0.25, 0.3) is 5.71 Å². The number of nitrogens with zero attached hydrogens (tertiary/aromatic N) is 7. The Kier molecular flexibility index (Phi) is 3.61. The molecule has 0 spiro atoms. The summed E-state index contributed by atoms with van der Waals surface area (Å²) in [5.41, 5.74) is 4.48. The lowest BCUT2D eigenvalue weighted by atomic mass is 10.1. The van der Waals surface area contributed by atoms with E-state index in [-0.39, 0.29) is 0 Å². The Labute approximate surface area is 158 Å². The highest BCUT2D eigenvalue weighted by Gasteiger charge is 2.19. The van der Waals surface area contributed by atoms with Crippen LogP contribution in [0.4, 0.5) is 5.82 Å². The van der Waals surface area contributed by atoms with Crippen LogP contribution in [0.2, 0.25) is 0 Å². The molecule has 0 radical (unpaired) electrons. The molecular weight excluding hydrogens is 358 g/mol. The Balaban J connectivity index is 1.68. The molecule has 1 aromatic carbocycles. The summed E-state index contributed by atoms with van der Waals surface area (Å²) in [5.74, 6) is 1.62. The number of benzene rings is 1. The van der Waals surface area contributed by atoms with Crippen LogP contribution in [0.5, 0.6) is 0 Å². The molecule has 0 amide bonds. The standard InChI is InChI=1S/C18H15N9O/c1-19-16-13-15(27(2)9-20-13)14-18(22-16)28-17(21-14)11-6-4-3-5-10(11)7-8-12-23-25-26-24-12/h3-9H,1-2H3,(H,19,22)(H,23,24,25,26)/b8-7+. The SMILES string of the molecule is CNc1nc2oc(-c3ccccc3/C=C/c3nn[nH]n3)nc2c2c1ncn2C. The molecule has 5 rings (SSSR count). The van der Waals surface area contributed by atoms with Crippen molar-refractivity contribution in [1.82, 2.24) is 40.1 Å². The van der Waals surface area contributed by atoms with Crippen molar-refractivity contribution in [2.75, 3.05) is 12.4 Å². The molecule has 0 aliphatic heterocycles. The van der Waals surface area contributed by atoms with E-state index >= 15 is 0 Å². The third-order valence-electron chi connectivity index (χ3n) is 4.41. The van der Waals surface area contributed by atoms with Gasteiger partial charge in [0.1, 0.15) is 11.0 Å². The first kappa shape index (κ1) is 16.1. The minimum atomic E-state index is 0.451. The van der Waals surface area contributed by atoms with Crippen molar-refractivity contribution in [3.8, 4) is 11.5 Å². The van der Waals surface area contributed by atoms with Gasteiger partial charge < -0.3 is 14.3 Å². The zero-order valence-electron chi connectivity index (χ0n) is 15.1. The number of hydrogen-bond acceptors (Lipinski definition) is 8. The Morgan fingerprint density at radius 1 is 1.14 bits per heavy atom. The summed E-state index contributed by atoms with van der Waals surface area (Å²) >= 11 is 0. The van der Waals surface area contributed by atoms with Crippen LogP contribution in [0.15, 0.2) is 35.0 Å². The fourth-order valence-electron chi connectivity index (χ4n) is 3.11. The molecule has 4 aromatic heterocycles. The third kappa shape index (κ3) is 2.50. The molecule has 0 aliphatic carbocycles. The van der Waals surface area contributed by atoms with Crippen LogP contribution < -0.4 is 5.32 Å². The maximum absolute atomic E-state index is 6.02. The number of anilines is 1. The lowest BCUT2D eigenvalue weighted by Gasteiger charge is -2.00. The van der Waals surface area contributed by atoms with Crippen LogP contribution in [0, 0.1) is 0 Å². The number of aromatic amines is 1. The van der Waals surface area contributed by atoms with E-state index < -0.39 is 0 Å². The van der Waals surface area contributed by atoms with Crippen molar-refractivity contribution in [3.05, 3.63) is 42.0 Å². The predicted molar refractivity (Wildman–Crippen MR) is 104 cm³/mol. The summed E-state index contributed by atoms with van der Waals surface area (Å²) < 4.78 is 7.93. The molecule has 0 atom stereocenters. The topological polar surface area (TPSA) is 123 Å². The zero-order valence-corrected chi connectivity index (χ0v) is 15.1. The minimum Gasteiger partial charge on any atom is -0.417 e. The van der Waals surface area contributed by atoms with E-state index in [9.17, 15) is 0 Å². The second-order valence-electron chi connectivity index (χ2n) is 6.13. The number of nitrogens with one attached hydrogen (secondary N) is 2. The van der Waals surface area contributed by atoms with Crippen molar-refractivity contribution in [2.24, 2.45) is 7.05 Å². The molecular formula is C18H15N9O. The third-order valence-corrected chi connectivity index (χ3v) is 4.41. The number of H-pyrrole nitrogens is 1. The maximum atomic E-state index is 6.02. The van der Waals surface area contributed by atoms with E-state index in [1.165, 1.54) is 0 Å². The van der Waals surface area contributed by atoms with E-state index in [0.717, 1.165) is 22.2 Å². The molecule has 4 heterocycles. The Morgan fingerprint density at radius 2 is 2.04 bits per heavy atom. The first-order chi connectivity index (χ1) is 13.7. The molecule has 0 bridgehead atoms. The van der Waals surface area contributed by atoms with Crippen molar-refractivity contribution in [1.29, 1.82) is 0 Å². The number of imidazole rings is 1. The second-order valence-corrected chi connectivity index (χ2v) is 6.13. The Hall–Kier alpha value is -4.08. The van der Waals surface area contributed by atoms with Gasteiger partial charge in [0.2, 0.25) is 5.89 Å². The van der Waals surface area contributed by atoms with Crippen LogP contribution in [0.25, 0.3) is 45.9 Å². The zero-order chi connectivity index (χ0) is 19.1. The molecule has 10 nitrogen and oxygen atoms in total. The molecule has 5 aromatic rings. The fraction of sp³-hybridized carbons (Fsp3) is 0.111. The summed E-state index contributed by atoms with van der Waals surface area (Å²) in [5, 5.41) is 16.9. The number of fused-ring (bicyclic) bond motifs is 3. The normalized spacial score (nSPS) is 11.8. The molecule has 0 fully saturated rings. The second kappa shape index (κ2) is 6.27. The lowest BCUT2D eigenvalue weighted by Crippen LogP contribution is -1.95. The molecule has 0 saturated heterocycles. The van der Waals surface area contributed by atoms with E-state index in [1.807, 2.05) is 42.0 Å². The van der Waals surface area contributed by atoms with Gasteiger partial charge in [0, 0.05) is 19.7 Å². The van der Waals surface area contributed by atoms with Gasteiger partial charge in [-0.05, 0) is 22.9 Å². The van der Waals surface area contributed by atoms with E-state index in [0.29, 0.717) is 28.8 Å². The summed E-state index contributed by atoms with van der Waals surface area (Å²) in [6.45, 7) is 0. The van der Waals surface area contributed by atoms with Gasteiger partial charge in [-0.15, -0.1) is 10.2 Å². The monoisotopic (exact) mass is 373 g/mol. The Bertz CT molecular complexity index is 1310. The highest BCUT2D eigenvalue weighted by Crippen LogP contribution is 2.32. The minimum absolute atomic E-state index is 0.451. The van der Waals surface area contributed by atoms with Crippen LogP contribution in [0.3, 0.4) is 0 Å². The first-order valence-corrected chi connectivity index (χ1v) is 8.55. The number of tetrazole rings is 1. The number of aromatic nitrogens is 8. The molecule has 0 saturated carbocycles. The molecule has 10 heteroatoms. The Morgan fingerprint density at radius 3 is 2.86 bits per heavy atom. The van der Waals surface area contributed by atoms with Gasteiger partial charge in [0.15, 0.2) is 17.2 Å². The van der Waals surface area contributed by atoms with E-state index in [2.05, 4.69) is 35.9 Å². The first-order valence-electron chi connectivity index (χ1n) is 8.55. The average Bonchev–Trinajstić information content (AvgIpc) is 3.45. The maximum Gasteiger partial charge on any atom is 0.251 e. The molecule has 2 N–H and O–H groups in total. The smallest absolute Gasteiger partial charge is 0.251 e. The molecule has 0 aliphatic rings. The van der Waals surface area contributed by atoms with E-state index in [4.69, 9.17) is 9.40 Å². The van der Waals surface area contributed by atoms with Crippen molar-refractivity contribution < 1.29 is 4.42 Å². The van der Waals surface area contributed by atoms with E-state index in [1.54, 1.807) is 19.5 Å². The molecule has 28 heavy (non-hydrogen) atoms. The highest BCUT2D eigenvalue weighted by atomic mass is 16.4. The van der Waals surface area contributed by atoms with Crippen LogP contribution in [0.1, 0.15) is 11.4 Å². The van der Waals surface area contributed by atoms with Gasteiger partial charge in [0.05, 0.1) is 6.33 Å². The van der Waals surface area contributed by atoms with Crippen molar-refractivity contribution >= 4 is 40.2 Å². The number of pyridine rings is 1. The average molecular weight is 373 g/mol. The summed E-state index contributed by atoms with van der Waals surface area (Å²) in [4.78, 5) is 13.7. The van der Waals surface area contributed by atoms with Crippen LogP contribution in [-0.2, 0) is 7.05 Å². The fourth-order valence-corrected chi connectivity index (χ4v) is 3.11. The molecule has 138 valence electrons. The number of hydrogen-bond donors (Lipinski definition) is 2. The number of rotatable bonds is 4. The van der Waals surface area contributed by atoms with Gasteiger partial charge in [-0.25, -0.2) is 9.97 Å². The van der Waals surface area contributed by atoms with Crippen molar-refractivity contribution in [3.63, 3.8) is 0 Å². The van der Waals surface area contributed by atoms with Gasteiger partial charge in [-0.1, -0.05) is 24.3 Å². The number of aryl methyl sites for hydroxylation is 1. The van der Waals surface area contributed by atoms with Crippen LogP contribution in [-0.4, -0.2) is 47.2 Å². The number of oxazole rings is 1. The quantitative estimate of drug-likeness (QED) is 0.492. The van der Waals surface area contributed by atoms with Crippen LogP contribution >= 0.6 is 0 Å². The van der Waals surface area contributed by atoms with Crippen molar-refractivity contribution in [2.45, 2.75) is 0 Å².